The Balaban J connectivity index is 1.43. The molecule has 49 heavy (non-hydrogen) atoms. The van der Waals surface area contributed by atoms with Crippen LogP contribution in [0.3, 0.4) is 0 Å². The highest BCUT2D eigenvalue weighted by Crippen LogP contribution is 2.25. The minimum absolute atomic E-state index is 0.0793. The SMILES string of the molecule is COc1ccc(Cn2ccc(C)c(NC(=O)C(Cc3ccc(C(C)(C)C(=O)O)cc3)N(C)C(=O)Cc3ccc4ccccc4c3)c2=O)cc1. The van der Waals surface area contributed by atoms with Crippen LogP contribution in [0.25, 0.3) is 10.8 Å². The first-order valence-corrected chi connectivity index (χ1v) is 16.1. The van der Waals surface area contributed by atoms with Crippen LogP contribution in [0, 0.1) is 6.92 Å². The number of carbonyl (C=O) groups excluding carboxylic acids is 2. The van der Waals surface area contributed by atoms with Crippen molar-refractivity contribution in [3.05, 3.63) is 141 Å². The monoisotopic (exact) mass is 659 g/mol. The van der Waals surface area contributed by atoms with Crippen molar-refractivity contribution in [1.29, 1.82) is 0 Å². The number of hydrogen-bond donors (Lipinski definition) is 2. The van der Waals surface area contributed by atoms with Crippen molar-refractivity contribution in [2.75, 3.05) is 19.5 Å². The van der Waals surface area contributed by atoms with Crippen LogP contribution in [-0.4, -0.2) is 52.6 Å². The van der Waals surface area contributed by atoms with Gasteiger partial charge >= 0.3 is 5.97 Å². The Kier molecular flexibility index (Phi) is 10.3. The zero-order valence-corrected chi connectivity index (χ0v) is 28.4. The van der Waals surface area contributed by atoms with Gasteiger partial charge in [-0.15, -0.1) is 0 Å². The molecule has 2 N–H and O–H groups in total. The standard InChI is InChI=1S/C40H41N3O6/c1-26-20-21-43(25-28-13-18-33(49-5)19-14-28)38(46)36(26)41-37(45)34(23-27-11-16-32(17-12-27)40(2,3)39(47)48)42(4)35(44)24-29-10-15-30-8-6-7-9-31(30)22-29/h6-22,34H,23-25H2,1-5H3,(H,41,45)(H,47,48). The number of nitrogens with one attached hydrogen (secondary N) is 1. The molecule has 0 aliphatic rings. The lowest BCUT2D eigenvalue weighted by Gasteiger charge is -2.28. The molecular weight excluding hydrogens is 618 g/mol. The van der Waals surface area contributed by atoms with Gasteiger partial charge in [0.05, 0.1) is 25.5 Å². The number of nitrogens with zero attached hydrogens (tertiary/aromatic N) is 2. The number of methoxy groups -OCH3 is 1. The topological polar surface area (TPSA) is 118 Å². The fraction of sp³-hybridized carbons (Fsp3) is 0.250. The number of benzene rings is 4. The van der Waals surface area contributed by atoms with Gasteiger partial charge in [-0.25, -0.2) is 0 Å². The summed E-state index contributed by atoms with van der Waals surface area (Å²) in [5.41, 5.74) is 2.31. The molecule has 9 nitrogen and oxygen atoms in total. The maximum Gasteiger partial charge on any atom is 0.313 e. The van der Waals surface area contributed by atoms with Gasteiger partial charge in [-0.2, -0.15) is 0 Å². The average molecular weight is 660 g/mol. The summed E-state index contributed by atoms with van der Waals surface area (Å²) >= 11 is 0. The van der Waals surface area contributed by atoms with Crippen LogP contribution < -0.4 is 15.6 Å². The third-order valence-electron chi connectivity index (χ3n) is 9.11. The van der Waals surface area contributed by atoms with Crippen LogP contribution in [0.4, 0.5) is 5.69 Å². The number of carbonyl (C=O) groups is 3. The fourth-order valence-corrected chi connectivity index (χ4v) is 5.71. The second kappa shape index (κ2) is 14.6. The number of aliphatic carboxylic acids is 1. The van der Waals surface area contributed by atoms with Gasteiger partial charge in [-0.1, -0.05) is 78.9 Å². The molecule has 0 saturated carbocycles. The molecule has 0 saturated heterocycles. The number of rotatable bonds is 12. The number of hydrogen-bond acceptors (Lipinski definition) is 5. The third kappa shape index (κ3) is 7.89. The van der Waals surface area contributed by atoms with Crippen molar-refractivity contribution in [3.8, 4) is 5.75 Å². The fourth-order valence-electron chi connectivity index (χ4n) is 5.71. The molecule has 5 aromatic rings. The molecule has 9 heteroatoms. The summed E-state index contributed by atoms with van der Waals surface area (Å²) in [5.74, 6) is -1.02. The predicted molar refractivity (Wildman–Crippen MR) is 191 cm³/mol. The summed E-state index contributed by atoms with van der Waals surface area (Å²) in [5, 5.41) is 14.6. The first kappa shape index (κ1) is 34.6. The number of pyridine rings is 1. The predicted octanol–water partition coefficient (Wildman–Crippen LogP) is 5.98. The maximum atomic E-state index is 14.1. The Labute approximate surface area is 285 Å². The number of carboxylic acid groups (broad SMARTS) is 1. The molecule has 0 fully saturated rings. The van der Waals surface area contributed by atoms with Gasteiger partial charge in [0.1, 0.15) is 17.5 Å². The maximum absolute atomic E-state index is 14.1. The molecule has 1 aromatic heterocycles. The highest BCUT2D eigenvalue weighted by atomic mass is 16.5. The van der Waals surface area contributed by atoms with E-state index in [9.17, 15) is 24.3 Å². The van der Waals surface area contributed by atoms with Crippen LogP contribution in [0.15, 0.2) is 108 Å². The lowest BCUT2D eigenvalue weighted by atomic mass is 9.84. The quantitative estimate of drug-likeness (QED) is 0.170. The van der Waals surface area contributed by atoms with Crippen molar-refractivity contribution >= 4 is 34.2 Å². The molecule has 0 radical (unpaired) electrons. The van der Waals surface area contributed by atoms with Gasteiger partial charge in [0.15, 0.2) is 0 Å². The highest BCUT2D eigenvalue weighted by Gasteiger charge is 2.31. The molecular formula is C40H41N3O6. The second-order valence-corrected chi connectivity index (χ2v) is 12.9. The number of likely N-dealkylation sites (N-methyl/N-ethyl adjacent to an activating group) is 1. The number of anilines is 1. The van der Waals surface area contributed by atoms with E-state index in [1.165, 1.54) is 9.47 Å². The van der Waals surface area contributed by atoms with Crippen LogP contribution in [0.2, 0.25) is 0 Å². The molecule has 5 rings (SSSR count). The van der Waals surface area contributed by atoms with Crippen molar-refractivity contribution in [2.45, 2.75) is 51.6 Å². The van der Waals surface area contributed by atoms with Gasteiger partial charge < -0.3 is 24.6 Å². The Morgan fingerprint density at radius 3 is 2.16 bits per heavy atom. The summed E-state index contributed by atoms with van der Waals surface area (Å²) in [6.45, 7) is 5.30. The normalized spacial score (nSPS) is 11.9. The van der Waals surface area contributed by atoms with Crippen molar-refractivity contribution in [2.24, 2.45) is 0 Å². The van der Waals surface area contributed by atoms with Gasteiger partial charge in [-0.3, -0.25) is 19.2 Å². The Hall–Kier alpha value is -5.70. The lowest BCUT2D eigenvalue weighted by molar-refractivity contribution is -0.142. The lowest BCUT2D eigenvalue weighted by Crippen LogP contribution is -2.47. The smallest absolute Gasteiger partial charge is 0.313 e. The van der Waals surface area contributed by atoms with Crippen molar-refractivity contribution in [3.63, 3.8) is 0 Å². The number of fused-ring (bicyclic) bond motifs is 1. The van der Waals surface area contributed by atoms with Crippen molar-refractivity contribution in [1.82, 2.24) is 9.47 Å². The Morgan fingerprint density at radius 1 is 0.878 bits per heavy atom. The summed E-state index contributed by atoms with van der Waals surface area (Å²) in [4.78, 5) is 54.7. The van der Waals surface area contributed by atoms with Gasteiger partial charge in [0.25, 0.3) is 5.56 Å². The second-order valence-electron chi connectivity index (χ2n) is 12.9. The molecule has 0 bridgehead atoms. The first-order chi connectivity index (χ1) is 23.4. The van der Waals surface area contributed by atoms with E-state index in [1.54, 1.807) is 71.5 Å². The van der Waals surface area contributed by atoms with E-state index in [4.69, 9.17) is 4.74 Å². The van der Waals surface area contributed by atoms with Crippen LogP contribution in [0.1, 0.15) is 41.7 Å². The minimum Gasteiger partial charge on any atom is -0.497 e. The van der Waals surface area contributed by atoms with E-state index in [-0.39, 0.29) is 30.0 Å². The number of amides is 2. The Bertz CT molecular complexity index is 2050. The van der Waals surface area contributed by atoms with E-state index in [2.05, 4.69) is 5.32 Å². The molecule has 1 atom stereocenters. The molecule has 0 aliphatic heterocycles. The molecule has 0 aliphatic carbocycles. The van der Waals surface area contributed by atoms with Crippen LogP contribution in [0.5, 0.6) is 5.75 Å². The third-order valence-corrected chi connectivity index (χ3v) is 9.11. The number of carboxylic acids is 1. The van der Waals surface area contributed by atoms with Gasteiger partial charge in [0.2, 0.25) is 11.8 Å². The molecule has 252 valence electrons. The molecule has 1 heterocycles. The van der Waals surface area contributed by atoms with E-state index < -0.39 is 23.3 Å². The summed E-state index contributed by atoms with van der Waals surface area (Å²) < 4.78 is 6.76. The zero-order chi connectivity index (χ0) is 35.3. The van der Waals surface area contributed by atoms with Crippen LogP contribution >= 0.6 is 0 Å². The summed E-state index contributed by atoms with van der Waals surface area (Å²) in [6, 6.07) is 28.9. The molecule has 0 spiro atoms. The highest BCUT2D eigenvalue weighted by molar-refractivity contribution is 5.98. The molecule has 2 amide bonds. The van der Waals surface area contributed by atoms with Crippen molar-refractivity contribution < 1.29 is 24.2 Å². The number of aryl methyl sites for hydroxylation is 1. The number of aromatic nitrogens is 1. The molecule has 4 aromatic carbocycles. The zero-order valence-electron chi connectivity index (χ0n) is 28.4. The Morgan fingerprint density at radius 2 is 1.51 bits per heavy atom. The summed E-state index contributed by atoms with van der Waals surface area (Å²) in [7, 11) is 3.18. The van der Waals surface area contributed by atoms with E-state index in [1.807, 2.05) is 66.7 Å². The number of ether oxygens (including phenoxy) is 1. The van der Waals surface area contributed by atoms with E-state index >= 15 is 0 Å². The van der Waals surface area contributed by atoms with E-state index in [0.717, 1.165) is 27.5 Å². The van der Waals surface area contributed by atoms with E-state index in [0.29, 0.717) is 23.4 Å². The first-order valence-electron chi connectivity index (χ1n) is 16.1. The van der Waals surface area contributed by atoms with Gasteiger partial charge in [-0.05, 0) is 77.6 Å². The largest absolute Gasteiger partial charge is 0.497 e. The molecule has 1 unspecified atom stereocenters. The summed E-state index contributed by atoms with van der Waals surface area (Å²) in [6.07, 6.45) is 1.91. The van der Waals surface area contributed by atoms with Crippen LogP contribution in [-0.2, 0) is 39.2 Å². The minimum atomic E-state index is -1.10. The van der Waals surface area contributed by atoms with Gasteiger partial charge in [0, 0.05) is 19.7 Å². The average Bonchev–Trinajstić information content (AvgIpc) is 3.10.